The second-order valence-electron chi connectivity index (χ2n) is 3.48. The fourth-order valence-electron chi connectivity index (χ4n) is 2.03. The lowest BCUT2D eigenvalue weighted by Gasteiger charge is -2.31. The molecule has 1 N–H and O–H groups in total. The largest absolute Gasteiger partial charge is 0.339 e. The van der Waals surface area contributed by atoms with Gasteiger partial charge in [-0.15, -0.1) is 0 Å². The molecule has 0 bridgehead atoms. The van der Waals surface area contributed by atoms with E-state index in [-0.39, 0.29) is 5.91 Å². The molecule has 0 aliphatic carbocycles. The first-order chi connectivity index (χ1) is 7.33. The molecule has 0 atom stereocenters. The monoisotopic (exact) mass is 205 g/mol. The number of imidazole rings is 1. The maximum atomic E-state index is 12.0. The van der Waals surface area contributed by atoms with Crippen molar-refractivity contribution in [2.45, 2.75) is 6.92 Å². The molecule has 0 saturated heterocycles. The predicted octanol–water partition coefficient (Wildman–Crippen LogP) is 0.0614. The highest BCUT2D eigenvalue weighted by Crippen LogP contribution is 2.26. The summed E-state index contributed by atoms with van der Waals surface area (Å²) in [6.45, 7) is 4.10. The Bertz CT molecular complexity index is 449. The van der Waals surface area contributed by atoms with Crippen LogP contribution in [0.5, 0.6) is 0 Å². The van der Waals surface area contributed by atoms with Gasteiger partial charge in [0.25, 0.3) is 5.91 Å². The van der Waals surface area contributed by atoms with Crippen LogP contribution in [0, 0.1) is 0 Å². The topological polar surface area (TPSA) is 64.6 Å². The molecule has 0 fully saturated rings. The van der Waals surface area contributed by atoms with Gasteiger partial charge < -0.3 is 4.98 Å². The number of aliphatic imine (C=N–C) groups is 1. The Morgan fingerprint density at radius 2 is 2.47 bits per heavy atom. The van der Waals surface area contributed by atoms with Crippen LogP contribution in [0.15, 0.2) is 11.3 Å². The molecule has 1 amide bonds. The fraction of sp³-hybridized carbons (Fsp3) is 0.444. The number of aromatic nitrogens is 2. The van der Waals surface area contributed by atoms with E-state index in [0.29, 0.717) is 18.1 Å². The van der Waals surface area contributed by atoms with Crippen molar-refractivity contribution in [1.82, 2.24) is 14.9 Å². The Labute approximate surface area is 86.6 Å². The lowest BCUT2D eigenvalue weighted by molar-refractivity contribution is 0.0841. The highest BCUT2D eigenvalue weighted by atomic mass is 16.2. The maximum Gasteiger partial charge on any atom is 0.280 e. The molecule has 0 spiro atoms. The second-order valence-corrected chi connectivity index (χ2v) is 3.48. The zero-order valence-corrected chi connectivity index (χ0v) is 8.40. The molecule has 0 saturated carbocycles. The first-order valence-electron chi connectivity index (χ1n) is 5.00. The van der Waals surface area contributed by atoms with E-state index in [1.165, 1.54) is 0 Å². The van der Waals surface area contributed by atoms with E-state index in [1.807, 2.05) is 11.8 Å². The fourth-order valence-corrected chi connectivity index (χ4v) is 2.03. The van der Waals surface area contributed by atoms with Gasteiger partial charge in [-0.05, 0) is 6.92 Å². The lowest BCUT2D eigenvalue weighted by Crippen LogP contribution is -2.50. The van der Waals surface area contributed by atoms with E-state index in [9.17, 15) is 4.79 Å². The summed E-state index contributed by atoms with van der Waals surface area (Å²) in [5.41, 5.74) is 0.567. The third-order valence-corrected chi connectivity index (χ3v) is 2.71. The van der Waals surface area contributed by atoms with Crippen molar-refractivity contribution < 1.29 is 4.79 Å². The molecule has 0 radical (unpaired) electrons. The number of nitrogens with one attached hydrogen (secondary N) is 1. The summed E-state index contributed by atoms with van der Waals surface area (Å²) in [6.07, 6.45) is 1.55. The summed E-state index contributed by atoms with van der Waals surface area (Å²) in [6, 6.07) is 0. The number of fused-ring (bicyclic) bond motifs is 3. The zero-order chi connectivity index (χ0) is 10.4. The quantitative estimate of drug-likeness (QED) is 0.705. The molecule has 1 aromatic rings. The number of carbonyl (C=O) groups is 1. The number of aromatic amines is 1. The minimum atomic E-state index is -0.0399. The first kappa shape index (κ1) is 8.46. The van der Waals surface area contributed by atoms with E-state index in [0.717, 1.165) is 19.0 Å². The Kier molecular flexibility index (Phi) is 1.59. The third kappa shape index (κ3) is 0.958. The molecular weight excluding hydrogens is 194 g/mol. The number of carbonyl (C=O) groups excluding carboxylic acids is 1. The van der Waals surface area contributed by atoms with Gasteiger partial charge in [0.1, 0.15) is 5.69 Å². The van der Waals surface area contributed by atoms with Crippen LogP contribution < -0.4 is 4.90 Å². The second kappa shape index (κ2) is 2.82. The van der Waals surface area contributed by atoms with Gasteiger partial charge in [0.15, 0.2) is 5.82 Å². The van der Waals surface area contributed by atoms with E-state index < -0.39 is 0 Å². The van der Waals surface area contributed by atoms with Gasteiger partial charge in [-0.2, -0.15) is 0 Å². The van der Waals surface area contributed by atoms with Gasteiger partial charge in [-0.3, -0.25) is 19.6 Å². The summed E-state index contributed by atoms with van der Waals surface area (Å²) in [7, 11) is 0. The molecule has 6 heteroatoms. The third-order valence-electron chi connectivity index (χ3n) is 2.71. The summed E-state index contributed by atoms with van der Waals surface area (Å²) in [5, 5.41) is 0. The SMILES string of the molecule is CCN1C(=O)c2[nH]cnc2N2CCN=C12. The van der Waals surface area contributed by atoms with Crippen molar-refractivity contribution in [1.29, 1.82) is 0 Å². The normalized spacial score (nSPS) is 19.0. The standard InChI is InChI=1S/C9H11N5O/c1-2-13-8(15)6-7(12-5-11-6)14-4-3-10-9(13)14/h5H,2-4H2,1H3,(H,11,12). The molecule has 0 unspecified atom stereocenters. The molecule has 3 heterocycles. The van der Waals surface area contributed by atoms with E-state index in [4.69, 9.17) is 0 Å². The van der Waals surface area contributed by atoms with Crippen LogP contribution in [-0.2, 0) is 0 Å². The molecule has 3 rings (SSSR count). The van der Waals surface area contributed by atoms with Crippen LogP contribution in [0.2, 0.25) is 0 Å². The van der Waals surface area contributed by atoms with E-state index in [2.05, 4.69) is 15.0 Å². The van der Waals surface area contributed by atoms with Gasteiger partial charge in [0.2, 0.25) is 5.96 Å². The number of H-pyrrole nitrogens is 1. The Hall–Kier alpha value is -1.85. The molecule has 6 nitrogen and oxygen atoms in total. The molecule has 1 aromatic heterocycles. The Morgan fingerprint density at radius 1 is 1.60 bits per heavy atom. The molecule has 78 valence electrons. The highest BCUT2D eigenvalue weighted by Gasteiger charge is 2.38. The predicted molar refractivity (Wildman–Crippen MR) is 54.9 cm³/mol. The number of hydrogen-bond donors (Lipinski definition) is 1. The van der Waals surface area contributed by atoms with Crippen molar-refractivity contribution in [3.63, 3.8) is 0 Å². The van der Waals surface area contributed by atoms with Gasteiger partial charge in [-0.1, -0.05) is 0 Å². The number of hydrogen-bond acceptors (Lipinski definition) is 4. The van der Waals surface area contributed by atoms with Crippen LogP contribution in [0.4, 0.5) is 5.82 Å². The number of guanidine groups is 1. The minimum Gasteiger partial charge on any atom is -0.339 e. The van der Waals surface area contributed by atoms with E-state index >= 15 is 0 Å². The van der Waals surface area contributed by atoms with Gasteiger partial charge in [-0.25, -0.2) is 4.98 Å². The van der Waals surface area contributed by atoms with E-state index in [1.54, 1.807) is 11.2 Å². The molecular formula is C9H11N5O. The van der Waals surface area contributed by atoms with Crippen LogP contribution in [0.3, 0.4) is 0 Å². The number of rotatable bonds is 1. The van der Waals surface area contributed by atoms with Crippen molar-refractivity contribution >= 4 is 17.7 Å². The zero-order valence-electron chi connectivity index (χ0n) is 8.40. The summed E-state index contributed by atoms with van der Waals surface area (Å²) in [4.78, 5) is 27.0. The molecule has 2 aliphatic rings. The number of anilines is 1. The van der Waals surface area contributed by atoms with Gasteiger partial charge in [0, 0.05) is 13.1 Å². The summed E-state index contributed by atoms with van der Waals surface area (Å²) >= 11 is 0. The Balaban J connectivity index is 2.17. The lowest BCUT2D eigenvalue weighted by atomic mass is 10.3. The molecule has 0 aromatic carbocycles. The first-order valence-corrected chi connectivity index (χ1v) is 5.00. The van der Waals surface area contributed by atoms with Crippen LogP contribution >= 0.6 is 0 Å². The van der Waals surface area contributed by atoms with Crippen LogP contribution in [0.1, 0.15) is 17.4 Å². The number of amides is 1. The smallest absolute Gasteiger partial charge is 0.280 e. The van der Waals surface area contributed by atoms with Crippen LogP contribution in [-0.4, -0.2) is 46.4 Å². The average molecular weight is 205 g/mol. The van der Waals surface area contributed by atoms with Crippen molar-refractivity contribution in [3.05, 3.63) is 12.0 Å². The molecule has 2 aliphatic heterocycles. The van der Waals surface area contributed by atoms with Crippen molar-refractivity contribution in [2.75, 3.05) is 24.5 Å². The average Bonchev–Trinajstić information content (AvgIpc) is 2.84. The Morgan fingerprint density at radius 3 is 3.27 bits per heavy atom. The maximum absolute atomic E-state index is 12.0. The highest BCUT2D eigenvalue weighted by molar-refractivity contribution is 6.17. The van der Waals surface area contributed by atoms with Gasteiger partial charge in [0.05, 0.1) is 12.9 Å². The van der Waals surface area contributed by atoms with Crippen molar-refractivity contribution in [2.24, 2.45) is 4.99 Å². The minimum absolute atomic E-state index is 0.0399. The molecule has 15 heavy (non-hydrogen) atoms. The van der Waals surface area contributed by atoms with Crippen LogP contribution in [0.25, 0.3) is 0 Å². The summed E-state index contributed by atoms with van der Waals surface area (Å²) in [5.74, 6) is 1.41. The number of nitrogens with zero attached hydrogens (tertiary/aromatic N) is 4. The summed E-state index contributed by atoms with van der Waals surface area (Å²) < 4.78 is 0. The van der Waals surface area contributed by atoms with Gasteiger partial charge >= 0.3 is 0 Å². The van der Waals surface area contributed by atoms with Crippen molar-refractivity contribution in [3.8, 4) is 0 Å².